The average Bonchev–Trinajstić information content (AvgIpc) is 3.52. The predicted molar refractivity (Wildman–Crippen MR) is 205 cm³/mol. The second kappa shape index (κ2) is 12.0. The summed E-state index contributed by atoms with van der Waals surface area (Å²) in [6, 6.07) is 61.1. The molecule has 0 atom stereocenters. The van der Waals surface area contributed by atoms with Crippen LogP contribution in [-0.2, 0) is 6.54 Å². The Kier molecular flexibility index (Phi) is 7.10. The molecule has 228 valence electrons. The Bertz CT molecular complexity index is 2420. The number of fused-ring (bicyclic) bond motifs is 4. The molecule has 3 heteroatoms. The van der Waals surface area contributed by atoms with Crippen molar-refractivity contribution in [2.45, 2.75) is 6.54 Å². The molecule has 0 radical (unpaired) electrons. The molecule has 0 aliphatic carbocycles. The van der Waals surface area contributed by atoms with Crippen molar-refractivity contribution >= 4 is 49.6 Å². The van der Waals surface area contributed by atoms with E-state index in [-0.39, 0.29) is 0 Å². The van der Waals surface area contributed by atoms with Crippen LogP contribution in [0.25, 0.3) is 60.3 Å². The van der Waals surface area contributed by atoms with E-state index in [2.05, 4.69) is 186 Å². The van der Waals surface area contributed by atoms with Crippen molar-refractivity contribution in [3.63, 3.8) is 0 Å². The Morgan fingerprint density at radius 1 is 0.500 bits per heavy atom. The van der Waals surface area contributed by atoms with Crippen LogP contribution in [0.4, 0.5) is 11.4 Å². The third-order valence-corrected chi connectivity index (χ3v) is 10.5. The second-order valence-corrected chi connectivity index (χ2v) is 13.3. The monoisotopic (exact) mass is 632 g/mol. The third kappa shape index (κ3) is 5.15. The number of nitrogens with zero attached hydrogens (tertiary/aromatic N) is 1. The van der Waals surface area contributed by atoms with Gasteiger partial charge >= 0.3 is 0 Å². The summed E-state index contributed by atoms with van der Waals surface area (Å²) in [5.41, 5.74) is 10.9. The minimum absolute atomic E-state index is 0.773. The Morgan fingerprint density at radius 3 is 1.73 bits per heavy atom. The molecular weight excluding hydrogens is 601 g/mol. The fourth-order valence-electron chi connectivity index (χ4n) is 6.88. The topological polar surface area (TPSA) is 15.3 Å². The molecule has 0 unspecified atom stereocenters. The van der Waals surface area contributed by atoms with Crippen LogP contribution in [0.1, 0.15) is 10.4 Å². The van der Waals surface area contributed by atoms with Gasteiger partial charge in [-0.1, -0.05) is 140 Å². The summed E-state index contributed by atoms with van der Waals surface area (Å²) in [5.74, 6) is 1.07. The maximum Gasteiger partial charge on any atom is 0.112 e. The van der Waals surface area contributed by atoms with Crippen LogP contribution in [-0.4, -0.2) is 0 Å². The van der Waals surface area contributed by atoms with E-state index in [1.165, 1.54) is 64.7 Å². The van der Waals surface area contributed by atoms with Gasteiger partial charge in [-0.3, -0.25) is 4.90 Å². The van der Waals surface area contributed by atoms with Crippen LogP contribution >= 0.6 is 11.3 Å². The number of nitrogens with one attached hydrogen (secondary N) is 1. The van der Waals surface area contributed by atoms with Gasteiger partial charge in [0.2, 0.25) is 0 Å². The molecule has 0 fully saturated rings. The first kappa shape index (κ1) is 28.3. The number of thiophene rings is 1. The number of para-hydroxylation sites is 1. The molecule has 1 N–H and O–H groups in total. The average molecular weight is 633 g/mol. The number of hydrogen-bond acceptors (Lipinski definition) is 3. The van der Waals surface area contributed by atoms with Gasteiger partial charge in [-0.2, -0.15) is 0 Å². The first-order chi connectivity index (χ1) is 23.8. The summed E-state index contributed by atoms with van der Waals surface area (Å²) < 4.78 is 1.33. The fourth-order valence-corrected chi connectivity index (χ4v) is 8.07. The zero-order valence-electron chi connectivity index (χ0n) is 26.3. The normalized spacial score (nSPS) is 12.4. The summed E-state index contributed by atoms with van der Waals surface area (Å²) in [6.07, 6.45) is 2.34. The minimum Gasteiger partial charge on any atom is -0.367 e. The molecule has 0 spiro atoms. The molecule has 0 saturated carbocycles. The zero-order valence-corrected chi connectivity index (χ0v) is 27.1. The highest BCUT2D eigenvalue weighted by molar-refractivity contribution is 7.20. The van der Waals surface area contributed by atoms with E-state index in [4.69, 9.17) is 0 Å². The van der Waals surface area contributed by atoms with E-state index in [1.54, 1.807) is 0 Å². The van der Waals surface area contributed by atoms with E-state index in [0.717, 1.165) is 23.7 Å². The largest absolute Gasteiger partial charge is 0.367 e. The quantitative estimate of drug-likeness (QED) is 0.196. The first-order valence-electron chi connectivity index (χ1n) is 16.4. The van der Waals surface area contributed by atoms with Crippen LogP contribution in [0, 0.1) is 0 Å². The van der Waals surface area contributed by atoms with Crippen molar-refractivity contribution in [1.82, 2.24) is 5.32 Å². The zero-order chi connectivity index (χ0) is 31.9. The molecule has 7 aromatic carbocycles. The van der Waals surface area contributed by atoms with E-state index >= 15 is 0 Å². The maximum atomic E-state index is 3.84. The van der Waals surface area contributed by atoms with Gasteiger partial charge in [-0.25, -0.2) is 0 Å². The van der Waals surface area contributed by atoms with Gasteiger partial charge in [-0.15, -0.1) is 11.3 Å². The van der Waals surface area contributed by atoms with Gasteiger partial charge in [-0.05, 0) is 85.9 Å². The molecular formula is C45H32N2S. The van der Waals surface area contributed by atoms with E-state index < -0.39 is 0 Å². The molecule has 0 bridgehead atoms. The Morgan fingerprint density at radius 2 is 1.04 bits per heavy atom. The lowest BCUT2D eigenvalue weighted by molar-refractivity contribution is 0.787. The lowest BCUT2D eigenvalue weighted by Gasteiger charge is -2.32. The number of benzene rings is 7. The summed E-state index contributed by atoms with van der Waals surface area (Å²) in [6.45, 7) is 0.773. The van der Waals surface area contributed by atoms with Crippen molar-refractivity contribution in [3.8, 4) is 33.4 Å². The van der Waals surface area contributed by atoms with Crippen LogP contribution in [0.5, 0.6) is 0 Å². The standard InChI is InChI=1S/C45H32N2S/c1-3-11-31(12-4-1)32-19-21-33(22-20-32)34-23-25-38(26-24-34)47(42-18-10-9-17-39(42)35-13-5-2-6-14-35)45-29-44-41(30-46-45)40-27-36-15-7-8-16-37(36)28-43(40)48-44/h1-29,46H,30H2. The number of anilines is 2. The summed E-state index contributed by atoms with van der Waals surface area (Å²) in [4.78, 5) is 3.69. The van der Waals surface area contributed by atoms with Gasteiger partial charge in [0.05, 0.1) is 5.69 Å². The minimum atomic E-state index is 0.773. The van der Waals surface area contributed by atoms with E-state index in [0.29, 0.717) is 0 Å². The molecule has 9 rings (SSSR count). The lowest BCUT2D eigenvalue weighted by atomic mass is 9.99. The molecule has 0 amide bonds. The number of rotatable bonds is 6. The Balaban J connectivity index is 1.14. The first-order valence-corrected chi connectivity index (χ1v) is 17.2. The van der Waals surface area contributed by atoms with Gasteiger partial charge in [0.1, 0.15) is 5.82 Å². The van der Waals surface area contributed by atoms with Gasteiger partial charge < -0.3 is 5.32 Å². The summed E-state index contributed by atoms with van der Waals surface area (Å²) in [5, 5.41) is 7.75. The maximum absolute atomic E-state index is 3.84. The predicted octanol–water partition coefficient (Wildman–Crippen LogP) is 12.3. The van der Waals surface area contributed by atoms with Crippen molar-refractivity contribution < 1.29 is 0 Å². The molecule has 8 aromatic rings. The molecule has 1 aliphatic heterocycles. The van der Waals surface area contributed by atoms with Gasteiger partial charge in [0, 0.05) is 27.4 Å². The van der Waals surface area contributed by atoms with E-state index in [1.807, 2.05) is 11.3 Å². The molecule has 1 aromatic heterocycles. The molecule has 1 aliphatic rings. The highest BCUT2D eigenvalue weighted by Gasteiger charge is 2.24. The van der Waals surface area contributed by atoms with Crippen LogP contribution in [0.15, 0.2) is 176 Å². The fraction of sp³-hybridized carbons (Fsp3) is 0.0222. The van der Waals surface area contributed by atoms with Crippen LogP contribution in [0.3, 0.4) is 0 Å². The third-order valence-electron chi connectivity index (χ3n) is 9.33. The highest BCUT2D eigenvalue weighted by Crippen LogP contribution is 2.42. The van der Waals surface area contributed by atoms with E-state index in [9.17, 15) is 0 Å². The SMILES string of the molecule is C1=C(N(c2ccc(-c3ccc(-c4ccccc4)cc3)cc2)c2ccccc2-c2ccccc2)NCc2c1sc1cc3ccccc3cc21. The molecule has 2 heterocycles. The highest BCUT2D eigenvalue weighted by atomic mass is 32.1. The molecule has 48 heavy (non-hydrogen) atoms. The summed E-state index contributed by atoms with van der Waals surface area (Å²) >= 11 is 1.88. The Hall–Kier alpha value is -5.90. The smallest absolute Gasteiger partial charge is 0.112 e. The van der Waals surface area contributed by atoms with Crippen molar-refractivity contribution in [2.75, 3.05) is 4.90 Å². The van der Waals surface area contributed by atoms with Gasteiger partial charge in [0.25, 0.3) is 0 Å². The number of hydrogen-bond donors (Lipinski definition) is 1. The lowest BCUT2D eigenvalue weighted by Crippen LogP contribution is -2.30. The van der Waals surface area contributed by atoms with Crippen LogP contribution < -0.4 is 10.2 Å². The van der Waals surface area contributed by atoms with Crippen LogP contribution in [0.2, 0.25) is 0 Å². The Labute approximate surface area is 284 Å². The second-order valence-electron chi connectivity index (χ2n) is 12.2. The van der Waals surface area contributed by atoms with Crippen molar-refractivity contribution in [3.05, 3.63) is 186 Å². The molecule has 0 saturated heterocycles. The van der Waals surface area contributed by atoms with Crippen molar-refractivity contribution in [2.24, 2.45) is 0 Å². The molecule has 2 nitrogen and oxygen atoms in total. The van der Waals surface area contributed by atoms with Gasteiger partial charge in [0.15, 0.2) is 0 Å². The van der Waals surface area contributed by atoms with Crippen molar-refractivity contribution in [1.29, 1.82) is 0 Å². The summed E-state index contributed by atoms with van der Waals surface area (Å²) in [7, 11) is 0.